The number of ketones is 1. The zero-order valence-corrected chi connectivity index (χ0v) is 12.6. The van der Waals surface area contributed by atoms with Crippen molar-refractivity contribution in [2.24, 2.45) is 0 Å². The van der Waals surface area contributed by atoms with Gasteiger partial charge in [-0.05, 0) is 37.0 Å². The first kappa shape index (κ1) is 14.0. The summed E-state index contributed by atoms with van der Waals surface area (Å²) in [7, 11) is 0. The average Bonchev–Trinajstić information content (AvgIpc) is 2.47. The minimum Gasteiger partial charge on any atom is -0.373 e. The van der Waals surface area contributed by atoms with Gasteiger partial charge in [0.25, 0.3) is 0 Å². The van der Waals surface area contributed by atoms with E-state index in [1.54, 1.807) is 0 Å². The monoisotopic (exact) mass is 280 g/mol. The van der Waals surface area contributed by atoms with E-state index in [2.05, 4.69) is 18.2 Å². The van der Waals surface area contributed by atoms with Gasteiger partial charge in [-0.1, -0.05) is 48.0 Å². The molecule has 1 unspecified atom stereocenters. The predicted molar refractivity (Wildman–Crippen MR) is 83.7 cm³/mol. The summed E-state index contributed by atoms with van der Waals surface area (Å²) in [6.45, 7) is 4.74. The van der Waals surface area contributed by atoms with Gasteiger partial charge in [0.2, 0.25) is 0 Å². The Balaban J connectivity index is 1.83. The van der Waals surface area contributed by atoms with Crippen molar-refractivity contribution in [3.63, 3.8) is 0 Å². The van der Waals surface area contributed by atoms with Crippen molar-refractivity contribution in [1.29, 1.82) is 0 Å². The number of carbonyl (C=O) groups excluding carboxylic acids is 1. The molecule has 2 heteroatoms. The van der Waals surface area contributed by atoms with E-state index >= 15 is 0 Å². The predicted octanol–water partition coefficient (Wildman–Crippen LogP) is 4.19. The highest BCUT2D eigenvalue weighted by Gasteiger charge is 2.24. The molecule has 21 heavy (non-hydrogen) atoms. The van der Waals surface area contributed by atoms with Crippen LogP contribution in [0.3, 0.4) is 0 Å². The molecule has 2 nitrogen and oxygen atoms in total. The summed E-state index contributed by atoms with van der Waals surface area (Å²) in [5.41, 5.74) is 5.52. The van der Waals surface area contributed by atoms with Crippen LogP contribution in [0.1, 0.15) is 45.1 Å². The number of carbonyl (C=O) groups is 1. The highest BCUT2D eigenvalue weighted by atomic mass is 16.5. The lowest BCUT2D eigenvalue weighted by Crippen LogP contribution is -2.19. The molecule has 0 aromatic heterocycles. The molecule has 0 N–H and O–H groups in total. The summed E-state index contributed by atoms with van der Waals surface area (Å²) in [5, 5.41) is 0. The number of benzene rings is 2. The maximum absolute atomic E-state index is 12.6. The molecule has 0 bridgehead atoms. The van der Waals surface area contributed by atoms with Gasteiger partial charge in [-0.2, -0.15) is 0 Å². The fourth-order valence-corrected chi connectivity index (χ4v) is 3.05. The Morgan fingerprint density at radius 2 is 2.00 bits per heavy atom. The van der Waals surface area contributed by atoms with Crippen LogP contribution in [0.15, 0.2) is 42.5 Å². The van der Waals surface area contributed by atoms with Crippen LogP contribution in [0.5, 0.6) is 0 Å². The summed E-state index contributed by atoms with van der Waals surface area (Å²) in [6.07, 6.45) is 1.24. The van der Waals surface area contributed by atoms with Gasteiger partial charge >= 0.3 is 0 Å². The molecule has 0 saturated heterocycles. The van der Waals surface area contributed by atoms with Crippen molar-refractivity contribution in [3.8, 4) is 0 Å². The largest absolute Gasteiger partial charge is 0.373 e. The van der Waals surface area contributed by atoms with E-state index in [4.69, 9.17) is 4.74 Å². The summed E-state index contributed by atoms with van der Waals surface area (Å²) in [6, 6.07) is 14.3. The average molecular weight is 280 g/mol. The second-order valence-electron chi connectivity index (χ2n) is 5.75. The molecule has 0 spiro atoms. The molecule has 1 atom stereocenters. The van der Waals surface area contributed by atoms with Gasteiger partial charge < -0.3 is 4.74 Å². The fourth-order valence-electron chi connectivity index (χ4n) is 3.05. The van der Waals surface area contributed by atoms with Crippen LogP contribution in [0.4, 0.5) is 0 Å². The van der Waals surface area contributed by atoms with Crippen LogP contribution in [0.25, 0.3) is 0 Å². The number of rotatable bonds is 3. The van der Waals surface area contributed by atoms with E-state index in [1.165, 1.54) is 16.7 Å². The lowest BCUT2D eigenvalue weighted by molar-refractivity contribution is 0.0352. The fraction of sp³-hybridized carbons (Fsp3) is 0.316. The second-order valence-corrected chi connectivity index (χ2v) is 5.75. The van der Waals surface area contributed by atoms with E-state index in [0.717, 1.165) is 17.5 Å². The number of hydrogen-bond donors (Lipinski definition) is 0. The van der Waals surface area contributed by atoms with Gasteiger partial charge in [-0.25, -0.2) is 0 Å². The number of aryl methyl sites for hydroxylation is 2. The molecular formula is C19H20O2. The van der Waals surface area contributed by atoms with Crippen molar-refractivity contribution in [2.45, 2.75) is 32.8 Å². The van der Waals surface area contributed by atoms with Gasteiger partial charge in [-0.3, -0.25) is 4.79 Å². The zero-order valence-electron chi connectivity index (χ0n) is 12.6. The van der Waals surface area contributed by atoms with E-state index in [-0.39, 0.29) is 11.9 Å². The second kappa shape index (κ2) is 5.82. The maximum atomic E-state index is 12.6. The van der Waals surface area contributed by atoms with Gasteiger partial charge in [0.15, 0.2) is 5.78 Å². The molecule has 2 aromatic carbocycles. The molecule has 1 heterocycles. The Bertz CT molecular complexity index is 673. The Labute approximate surface area is 125 Å². The van der Waals surface area contributed by atoms with Crippen LogP contribution in [0.2, 0.25) is 0 Å². The van der Waals surface area contributed by atoms with Gasteiger partial charge in [-0.15, -0.1) is 0 Å². The van der Waals surface area contributed by atoms with Crippen molar-refractivity contribution in [1.82, 2.24) is 0 Å². The molecular weight excluding hydrogens is 260 g/mol. The number of Topliss-reactive ketones (excluding diaryl/α,β-unsaturated/α-hetero) is 1. The molecule has 0 saturated carbocycles. The van der Waals surface area contributed by atoms with E-state index in [0.29, 0.717) is 13.0 Å². The number of fused-ring (bicyclic) bond motifs is 1. The van der Waals surface area contributed by atoms with Crippen LogP contribution in [-0.2, 0) is 11.2 Å². The summed E-state index contributed by atoms with van der Waals surface area (Å²) >= 11 is 0. The molecule has 0 fully saturated rings. The van der Waals surface area contributed by atoms with Crippen molar-refractivity contribution in [2.75, 3.05) is 6.61 Å². The number of hydrogen-bond acceptors (Lipinski definition) is 2. The molecule has 108 valence electrons. The topological polar surface area (TPSA) is 26.3 Å². The van der Waals surface area contributed by atoms with Crippen LogP contribution >= 0.6 is 0 Å². The Hall–Kier alpha value is -1.93. The van der Waals surface area contributed by atoms with E-state index < -0.39 is 0 Å². The SMILES string of the molecule is Cc1ccc(C(=O)CC2OCCc3ccccc32)c(C)c1. The first-order valence-corrected chi connectivity index (χ1v) is 7.45. The van der Waals surface area contributed by atoms with Gasteiger partial charge in [0, 0.05) is 12.0 Å². The molecule has 0 aliphatic carbocycles. The molecule has 2 aromatic rings. The normalized spacial score (nSPS) is 17.3. The first-order chi connectivity index (χ1) is 10.1. The Morgan fingerprint density at radius 1 is 1.19 bits per heavy atom. The standard InChI is InChI=1S/C19H20O2/c1-13-7-8-16(14(2)11-13)18(20)12-19-17-6-4-3-5-15(17)9-10-21-19/h3-8,11,19H,9-10,12H2,1-2H3. The smallest absolute Gasteiger partial charge is 0.166 e. The van der Waals surface area contributed by atoms with Crippen molar-refractivity contribution < 1.29 is 9.53 Å². The minimum absolute atomic E-state index is 0.108. The molecule has 1 aliphatic heterocycles. The third-order valence-corrected chi connectivity index (χ3v) is 4.15. The summed E-state index contributed by atoms with van der Waals surface area (Å²) in [5.74, 6) is 0.161. The Kier molecular flexibility index (Phi) is 3.89. The van der Waals surface area contributed by atoms with Gasteiger partial charge in [0.05, 0.1) is 12.7 Å². The summed E-state index contributed by atoms with van der Waals surface area (Å²) < 4.78 is 5.84. The highest BCUT2D eigenvalue weighted by Crippen LogP contribution is 2.30. The molecule has 3 rings (SSSR count). The van der Waals surface area contributed by atoms with Gasteiger partial charge in [0.1, 0.15) is 0 Å². The van der Waals surface area contributed by atoms with E-state index in [9.17, 15) is 4.79 Å². The maximum Gasteiger partial charge on any atom is 0.166 e. The minimum atomic E-state index is -0.108. The highest BCUT2D eigenvalue weighted by molar-refractivity contribution is 5.97. The summed E-state index contributed by atoms with van der Waals surface area (Å²) in [4.78, 5) is 12.6. The van der Waals surface area contributed by atoms with Crippen LogP contribution in [-0.4, -0.2) is 12.4 Å². The quantitative estimate of drug-likeness (QED) is 0.788. The van der Waals surface area contributed by atoms with Crippen LogP contribution < -0.4 is 0 Å². The third kappa shape index (κ3) is 2.91. The first-order valence-electron chi connectivity index (χ1n) is 7.45. The van der Waals surface area contributed by atoms with Crippen molar-refractivity contribution in [3.05, 3.63) is 70.3 Å². The molecule has 0 amide bonds. The van der Waals surface area contributed by atoms with Crippen LogP contribution in [0, 0.1) is 13.8 Å². The molecule has 0 radical (unpaired) electrons. The zero-order chi connectivity index (χ0) is 14.8. The molecule has 1 aliphatic rings. The van der Waals surface area contributed by atoms with Crippen molar-refractivity contribution >= 4 is 5.78 Å². The number of ether oxygens (including phenoxy) is 1. The third-order valence-electron chi connectivity index (χ3n) is 4.15. The lowest BCUT2D eigenvalue weighted by atomic mass is 9.92. The van der Waals surface area contributed by atoms with E-state index in [1.807, 2.05) is 38.1 Å². The lowest BCUT2D eigenvalue weighted by Gasteiger charge is -2.25. The Morgan fingerprint density at radius 3 is 2.81 bits per heavy atom.